The van der Waals surface area contributed by atoms with Gasteiger partial charge in [0.05, 0.1) is 32.0 Å². The monoisotopic (exact) mass is 784 g/mol. The van der Waals surface area contributed by atoms with E-state index in [4.69, 9.17) is 19.1 Å². The number of ether oxygens (including phenoxy) is 2. The third kappa shape index (κ3) is 33.9. The Morgan fingerprint density at radius 1 is 0.704 bits per heavy atom. The van der Waals surface area contributed by atoms with Gasteiger partial charge in [0.25, 0.3) is 0 Å². The van der Waals surface area contributed by atoms with Gasteiger partial charge in [-0.05, 0) is 44.4 Å². The van der Waals surface area contributed by atoms with Gasteiger partial charge in [-0.2, -0.15) is 0 Å². The van der Waals surface area contributed by atoms with Crippen LogP contribution in [0.2, 0.25) is 0 Å². The Hall–Kier alpha value is -2.67. The molecular weight excluding hydrogens is 715 g/mol. The predicted octanol–water partition coefficient (Wildman–Crippen LogP) is 7.51. The van der Waals surface area contributed by atoms with E-state index in [1.165, 1.54) is 25.7 Å². The number of hydrogen-bond acceptors (Lipinski definition) is 11. The average Bonchev–Trinajstić information content (AvgIpc) is 3.15. The SMILES string of the molecule is CC/C=C\C[C@H](O)/C=C/C=C\C=C\[C@H](O)C/C=C\C/C=C\CCC(=O)O[C@H](COC(=O)CCCCCCCCC(C)CC)COP(=O)(O)OC[C@@H](O)CO. The highest BCUT2D eigenvalue weighted by molar-refractivity contribution is 7.47. The van der Waals surface area contributed by atoms with E-state index in [1.54, 1.807) is 42.5 Å². The van der Waals surface area contributed by atoms with Crippen LogP contribution in [0.4, 0.5) is 0 Å². The van der Waals surface area contributed by atoms with Gasteiger partial charge in [-0.15, -0.1) is 0 Å². The van der Waals surface area contributed by atoms with Crippen LogP contribution in [-0.4, -0.2) is 88.1 Å². The molecule has 54 heavy (non-hydrogen) atoms. The van der Waals surface area contributed by atoms with E-state index < -0.39 is 64.0 Å². The van der Waals surface area contributed by atoms with Crippen molar-refractivity contribution < 1.29 is 58.0 Å². The lowest BCUT2D eigenvalue weighted by atomic mass is 10.00. The van der Waals surface area contributed by atoms with Crippen molar-refractivity contribution >= 4 is 19.8 Å². The van der Waals surface area contributed by atoms with Gasteiger partial charge in [-0.3, -0.25) is 18.6 Å². The van der Waals surface area contributed by atoms with Crippen LogP contribution < -0.4 is 0 Å². The summed E-state index contributed by atoms with van der Waals surface area (Å²) in [5.74, 6) is -0.351. The lowest BCUT2D eigenvalue weighted by Crippen LogP contribution is -2.29. The summed E-state index contributed by atoms with van der Waals surface area (Å²) in [4.78, 5) is 34.8. The topological polar surface area (TPSA) is 189 Å². The fourth-order valence-electron chi connectivity index (χ4n) is 4.64. The number of aliphatic hydroxyl groups excluding tert-OH is 4. The van der Waals surface area contributed by atoms with E-state index in [-0.39, 0.29) is 19.4 Å². The van der Waals surface area contributed by atoms with Gasteiger partial charge in [0.15, 0.2) is 6.10 Å². The molecule has 6 atom stereocenters. The van der Waals surface area contributed by atoms with Gasteiger partial charge in [-0.25, -0.2) is 4.57 Å². The molecule has 5 N–H and O–H groups in total. The molecule has 0 fully saturated rings. The standard InChI is InChI=1S/C41H69O12P/c1-4-6-17-25-36(43)27-20-15-16-21-28-37(44)26-19-12-8-10-14-23-30-41(47)53-39(34-52-54(48,49)51-32-38(45)31-42)33-50-40(46)29-22-13-9-7-11-18-24-35(3)5-2/h6,10,12,14-17,19-21,27-28,35-39,42-45H,4-5,7-9,11,13,18,22-26,29-34H2,1-3H3,(H,48,49)/b14-10-,16-15-,17-6-,19-12-,27-20+,28-21+/t35?,36-,37+,38-,39+/m0/s1. The van der Waals surface area contributed by atoms with Gasteiger partial charge >= 0.3 is 19.8 Å². The molecule has 0 heterocycles. The molecule has 0 aliphatic heterocycles. The minimum absolute atomic E-state index is 0.000916. The summed E-state index contributed by atoms with van der Waals surface area (Å²) in [5, 5.41) is 38.2. The van der Waals surface area contributed by atoms with Gasteiger partial charge in [-0.1, -0.05) is 139 Å². The number of hydrogen-bond donors (Lipinski definition) is 5. The molecule has 0 saturated heterocycles. The number of carbonyl (C=O) groups is 2. The lowest BCUT2D eigenvalue weighted by molar-refractivity contribution is -0.161. The Balaban J connectivity index is 4.64. The summed E-state index contributed by atoms with van der Waals surface area (Å²) < 4.78 is 32.4. The summed E-state index contributed by atoms with van der Waals surface area (Å²) in [6.07, 6.45) is 29.7. The van der Waals surface area contributed by atoms with E-state index in [1.807, 2.05) is 37.3 Å². The van der Waals surface area contributed by atoms with Crippen LogP contribution in [0.3, 0.4) is 0 Å². The van der Waals surface area contributed by atoms with Crippen molar-refractivity contribution in [2.75, 3.05) is 26.4 Å². The van der Waals surface area contributed by atoms with Gasteiger partial charge < -0.3 is 34.8 Å². The maximum atomic E-state index is 12.5. The first-order valence-electron chi connectivity index (χ1n) is 19.5. The molecule has 0 aliphatic rings. The minimum Gasteiger partial charge on any atom is -0.462 e. The van der Waals surface area contributed by atoms with Crippen molar-refractivity contribution in [1.29, 1.82) is 0 Å². The number of aliphatic hydroxyl groups is 4. The molecule has 0 spiro atoms. The number of allylic oxidation sites excluding steroid dienone is 8. The maximum Gasteiger partial charge on any atom is 0.472 e. The van der Waals surface area contributed by atoms with Crippen LogP contribution in [0.5, 0.6) is 0 Å². The third-order valence-corrected chi connectivity index (χ3v) is 9.05. The predicted molar refractivity (Wildman–Crippen MR) is 212 cm³/mol. The van der Waals surface area contributed by atoms with Crippen LogP contribution >= 0.6 is 7.82 Å². The molecule has 0 aliphatic carbocycles. The van der Waals surface area contributed by atoms with E-state index >= 15 is 0 Å². The van der Waals surface area contributed by atoms with Crippen molar-refractivity contribution in [3.63, 3.8) is 0 Å². The van der Waals surface area contributed by atoms with E-state index in [9.17, 15) is 34.4 Å². The van der Waals surface area contributed by atoms with Crippen molar-refractivity contribution in [2.24, 2.45) is 5.92 Å². The summed E-state index contributed by atoms with van der Waals surface area (Å²) in [5.41, 5.74) is 0. The number of phosphoric acid groups is 1. The van der Waals surface area contributed by atoms with Crippen LogP contribution in [0.1, 0.15) is 117 Å². The molecular formula is C41H69O12P. The highest BCUT2D eigenvalue weighted by Gasteiger charge is 2.27. The molecule has 0 rings (SSSR count). The largest absolute Gasteiger partial charge is 0.472 e. The Kier molecular flexibility index (Phi) is 33.1. The summed E-state index contributed by atoms with van der Waals surface area (Å²) in [6, 6.07) is 0. The molecule has 13 heteroatoms. The number of phosphoric ester groups is 1. The number of unbranched alkanes of at least 4 members (excludes halogenated alkanes) is 5. The molecule has 2 unspecified atom stereocenters. The fourth-order valence-corrected chi connectivity index (χ4v) is 5.43. The molecule has 0 bridgehead atoms. The number of rotatable bonds is 34. The number of carbonyl (C=O) groups excluding carboxylic acids is 2. The zero-order valence-corrected chi connectivity index (χ0v) is 33.7. The average molecular weight is 785 g/mol. The smallest absolute Gasteiger partial charge is 0.462 e. The summed E-state index contributed by atoms with van der Waals surface area (Å²) in [7, 11) is -4.66. The van der Waals surface area contributed by atoms with Crippen molar-refractivity contribution in [1.82, 2.24) is 0 Å². The van der Waals surface area contributed by atoms with Crippen LogP contribution in [0.25, 0.3) is 0 Å². The van der Waals surface area contributed by atoms with Gasteiger partial charge in [0.2, 0.25) is 0 Å². The Morgan fingerprint density at radius 3 is 1.93 bits per heavy atom. The first-order chi connectivity index (χ1) is 25.9. The second kappa shape index (κ2) is 34.8. The van der Waals surface area contributed by atoms with E-state index in [0.29, 0.717) is 32.1 Å². The molecule has 0 saturated carbocycles. The van der Waals surface area contributed by atoms with Gasteiger partial charge in [0.1, 0.15) is 12.7 Å². The molecule has 0 aromatic carbocycles. The molecule has 310 valence electrons. The van der Waals surface area contributed by atoms with Gasteiger partial charge in [0, 0.05) is 12.8 Å². The van der Waals surface area contributed by atoms with E-state index in [2.05, 4.69) is 18.4 Å². The van der Waals surface area contributed by atoms with Crippen molar-refractivity contribution in [2.45, 2.75) is 141 Å². The van der Waals surface area contributed by atoms with Crippen LogP contribution in [0, 0.1) is 5.92 Å². The maximum absolute atomic E-state index is 12.5. The number of esters is 2. The highest BCUT2D eigenvalue weighted by atomic mass is 31.2. The minimum atomic E-state index is -4.66. The van der Waals surface area contributed by atoms with Crippen molar-refractivity contribution in [3.05, 3.63) is 72.9 Å². The third-order valence-electron chi connectivity index (χ3n) is 8.10. The van der Waals surface area contributed by atoms with E-state index in [0.717, 1.165) is 31.6 Å². The summed E-state index contributed by atoms with van der Waals surface area (Å²) >= 11 is 0. The Morgan fingerprint density at radius 2 is 1.30 bits per heavy atom. The zero-order chi connectivity index (χ0) is 40.3. The second-order valence-electron chi connectivity index (χ2n) is 13.2. The Labute approximate surface area is 323 Å². The Bertz CT molecular complexity index is 1180. The highest BCUT2D eigenvalue weighted by Crippen LogP contribution is 2.43. The fraction of sp³-hybridized carbons (Fsp3) is 0.659. The molecule has 12 nitrogen and oxygen atoms in total. The molecule has 0 aromatic heterocycles. The summed E-state index contributed by atoms with van der Waals surface area (Å²) in [6.45, 7) is 4.20. The second-order valence-corrected chi connectivity index (χ2v) is 14.7. The van der Waals surface area contributed by atoms with Crippen molar-refractivity contribution in [3.8, 4) is 0 Å². The first kappa shape index (κ1) is 51.3. The molecule has 0 amide bonds. The first-order valence-corrected chi connectivity index (χ1v) is 21.0. The lowest BCUT2D eigenvalue weighted by Gasteiger charge is -2.20. The zero-order valence-electron chi connectivity index (χ0n) is 32.8. The molecule has 0 radical (unpaired) electrons. The molecule has 0 aromatic rings. The van der Waals surface area contributed by atoms with Crippen LogP contribution in [0.15, 0.2) is 72.9 Å². The van der Waals surface area contributed by atoms with Crippen LogP contribution in [-0.2, 0) is 32.7 Å². The quantitative estimate of drug-likeness (QED) is 0.0142. The normalized spacial score (nSPS) is 16.5.